The van der Waals surface area contributed by atoms with Crippen LogP contribution in [-0.2, 0) is 17.6 Å². The molecule has 14 heavy (non-hydrogen) atoms. The summed E-state index contributed by atoms with van der Waals surface area (Å²) in [5.41, 5.74) is 2.81. The Morgan fingerprint density at radius 1 is 1.57 bits per heavy atom. The van der Waals surface area contributed by atoms with Gasteiger partial charge in [-0.05, 0) is 24.0 Å². The largest absolute Gasteiger partial charge is 0.303 e. The minimum absolute atomic E-state index is 0.644. The Balaban J connectivity index is 2.25. The van der Waals surface area contributed by atoms with Gasteiger partial charge in [-0.2, -0.15) is 0 Å². The molecule has 0 amide bonds. The highest BCUT2D eigenvalue weighted by molar-refractivity contribution is 8.00. The van der Waals surface area contributed by atoms with Crippen molar-refractivity contribution in [3.63, 3.8) is 0 Å². The van der Waals surface area contributed by atoms with E-state index >= 15 is 0 Å². The van der Waals surface area contributed by atoms with Gasteiger partial charge in [0.25, 0.3) is 0 Å². The molecule has 74 valence electrons. The predicted molar refractivity (Wildman–Crippen MR) is 59.9 cm³/mol. The topological polar surface area (TPSA) is 17.1 Å². The van der Waals surface area contributed by atoms with E-state index in [4.69, 9.17) is 0 Å². The van der Waals surface area contributed by atoms with Gasteiger partial charge in [0.2, 0.25) is 0 Å². The number of aryl methyl sites for hydroxylation is 1. The second-order valence-electron chi connectivity index (χ2n) is 3.74. The summed E-state index contributed by atoms with van der Waals surface area (Å²) >= 11 is 1.95. The highest BCUT2D eigenvalue weighted by Crippen LogP contribution is 2.39. The minimum Gasteiger partial charge on any atom is -0.303 e. The van der Waals surface area contributed by atoms with Gasteiger partial charge in [-0.15, -0.1) is 11.8 Å². The molecule has 0 aromatic heterocycles. The Labute approximate surface area is 88.9 Å². The summed E-state index contributed by atoms with van der Waals surface area (Å²) in [4.78, 5) is 11.8. The molecule has 1 aromatic rings. The molecule has 2 heteroatoms. The van der Waals surface area contributed by atoms with Crippen LogP contribution in [0.5, 0.6) is 0 Å². The molecule has 1 heterocycles. The fourth-order valence-electron chi connectivity index (χ4n) is 1.91. The van der Waals surface area contributed by atoms with Crippen LogP contribution in [0, 0.1) is 0 Å². The molecule has 0 saturated carbocycles. The number of carbonyl (C=O) groups is 1. The number of thioether (sulfide) groups is 1. The molecule has 1 aromatic carbocycles. The zero-order valence-electron chi connectivity index (χ0n) is 8.32. The van der Waals surface area contributed by atoms with Crippen molar-refractivity contribution in [2.75, 3.05) is 0 Å². The van der Waals surface area contributed by atoms with Crippen LogP contribution in [0.3, 0.4) is 0 Å². The fraction of sp³-hybridized carbons (Fsp3) is 0.417. The SMILES string of the molecule is CC1Cc2cccc(CCC=O)c2S1. The van der Waals surface area contributed by atoms with Crippen molar-refractivity contribution in [1.82, 2.24) is 0 Å². The van der Waals surface area contributed by atoms with E-state index in [0.717, 1.165) is 12.7 Å². The van der Waals surface area contributed by atoms with Crippen molar-refractivity contribution in [3.8, 4) is 0 Å². The Bertz CT molecular complexity index is 346. The van der Waals surface area contributed by atoms with Gasteiger partial charge in [-0.3, -0.25) is 0 Å². The van der Waals surface area contributed by atoms with Crippen LogP contribution in [0.1, 0.15) is 24.5 Å². The molecule has 2 rings (SSSR count). The van der Waals surface area contributed by atoms with Crippen LogP contribution in [0.15, 0.2) is 23.1 Å². The number of benzene rings is 1. The lowest BCUT2D eigenvalue weighted by Gasteiger charge is -2.05. The van der Waals surface area contributed by atoms with Gasteiger partial charge in [0.1, 0.15) is 6.29 Å². The molecule has 0 fully saturated rings. The average Bonchev–Trinajstić information content (AvgIpc) is 2.55. The lowest BCUT2D eigenvalue weighted by molar-refractivity contribution is -0.107. The summed E-state index contributed by atoms with van der Waals surface area (Å²) in [7, 11) is 0. The van der Waals surface area contributed by atoms with Gasteiger partial charge in [0, 0.05) is 16.6 Å². The lowest BCUT2D eigenvalue weighted by Crippen LogP contribution is -1.91. The highest BCUT2D eigenvalue weighted by Gasteiger charge is 2.20. The first-order valence-electron chi connectivity index (χ1n) is 5.02. The fourth-order valence-corrected chi connectivity index (χ4v) is 3.20. The summed E-state index contributed by atoms with van der Waals surface area (Å²) in [6.07, 6.45) is 3.72. The first-order valence-corrected chi connectivity index (χ1v) is 5.90. The molecule has 0 radical (unpaired) electrons. The molecule has 1 atom stereocenters. The van der Waals surface area contributed by atoms with Crippen LogP contribution in [-0.4, -0.2) is 11.5 Å². The van der Waals surface area contributed by atoms with Crippen molar-refractivity contribution in [2.24, 2.45) is 0 Å². The quantitative estimate of drug-likeness (QED) is 0.707. The monoisotopic (exact) mass is 206 g/mol. The van der Waals surface area contributed by atoms with E-state index in [9.17, 15) is 4.79 Å². The number of fused-ring (bicyclic) bond motifs is 1. The van der Waals surface area contributed by atoms with Crippen molar-refractivity contribution in [1.29, 1.82) is 0 Å². The second-order valence-corrected chi connectivity index (χ2v) is 5.19. The smallest absolute Gasteiger partial charge is 0.120 e. The van der Waals surface area contributed by atoms with Crippen molar-refractivity contribution in [3.05, 3.63) is 29.3 Å². The number of rotatable bonds is 3. The van der Waals surface area contributed by atoms with Crippen LogP contribution in [0.2, 0.25) is 0 Å². The molecule has 0 N–H and O–H groups in total. The summed E-state index contributed by atoms with van der Waals surface area (Å²) in [5, 5.41) is 0.697. The minimum atomic E-state index is 0.644. The first kappa shape index (κ1) is 9.78. The molecule has 1 unspecified atom stereocenters. The molecule has 0 aliphatic carbocycles. The van der Waals surface area contributed by atoms with Crippen molar-refractivity contribution in [2.45, 2.75) is 36.3 Å². The van der Waals surface area contributed by atoms with Gasteiger partial charge >= 0.3 is 0 Å². The third-order valence-electron chi connectivity index (χ3n) is 2.54. The van der Waals surface area contributed by atoms with Crippen molar-refractivity contribution >= 4 is 18.0 Å². The summed E-state index contributed by atoms with van der Waals surface area (Å²) in [6, 6.07) is 6.46. The maximum Gasteiger partial charge on any atom is 0.120 e. The predicted octanol–water partition coefficient (Wildman–Crippen LogP) is 2.85. The van der Waals surface area contributed by atoms with Crippen molar-refractivity contribution < 1.29 is 4.79 Å². The van der Waals surface area contributed by atoms with Gasteiger partial charge < -0.3 is 4.79 Å². The van der Waals surface area contributed by atoms with Gasteiger partial charge in [0.15, 0.2) is 0 Å². The van der Waals surface area contributed by atoms with Crippen LogP contribution in [0.25, 0.3) is 0 Å². The Hall–Kier alpha value is -0.760. The van der Waals surface area contributed by atoms with E-state index in [2.05, 4.69) is 25.1 Å². The zero-order chi connectivity index (χ0) is 9.97. The van der Waals surface area contributed by atoms with Gasteiger partial charge in [-0.1, -0.05) is 25.1 Å². The molecule has 1 aliphatic rings. The van der Waals surface area contributed by atoms with Crippen LogP contribution in [0.4, 0.5) is 0 Å². The maximum absolute atomic E-state index is 10.3. The molecule has 0 bridgehead atoms. The first-order chi connectivity index (χ1) is 6.81. The summed E-state index contributed by atoms with van der Waals surface area (Å²) < 4.78 is 0. The summed E-state index contributed by atoms with van der Waals surface area (Å²) in [5.74, 6) is 0. The van der Waals surface area contributed by atoms with E-state index < -0.39 is 0 Å². The van der Waals surface area contributed by atoms with Gasteiger partial charge in [0.05, 0.1) is 0 Å². The number of carbonyl (C=O) groups excluding carboxylic acids is 1. The molecular formula is C12H14OS. The van der Waals surface area contributed by atoms with Gasteiger partial charge in [-0.25, -0.2) is 0 Å². The lowest BCUT2D eigenvalue weighted by atomic mass is 10.0. The Morgan fingerprint density at radius 3 is 3.21 bits per heavy atom. The van der Waals surface area contributed by atoms with Crippen LogP contribution >= 0.6 is 11.8 Å². The molecule has 1 nitrogen and oxygen atoms in total. The second kappa shape index (κ2) is 4.18. The normalized spacial score (nSPS) is 19.4. The number of aldehydes is 1. The van der Waals surface area contributed by atoms with E-state index in [0.29, 0.717) is 11.7 Å². The van der Waals surface area contributed by atoms with E-state index in [1.807, 2.05) is 11.8 Å². The molecule has 0 spiro atoms. The third kappa shape index (κ3) is 1.85. The number of hydrogen-bond donors (Lipinski definition) is 0. The summed E-state index contributed by atoms with van der Waals surface area (Å²) in [6.45, 7) is 2.26. The van der Waals surface area contributed by atoms with E-state index in [1.54, 1.807) is 0 Å². The van der Waals surface area contributed by atoms with Crippen LogP contribution < -0.4 is 0 Å². The molecule has 1 aliphatic heterocycles. The molecular weight excluding hydrogens is 192 g/mol. The Kier molecular flexibility index (Phi) is 2.92. The van der Waals surface area contributed by atoms with E-state index in [1.165, 1.54) is 22.4 Å². The maximum atomic E-state index is 10.3. The Morgan fingerprint density at radius 2 is 2.43 bits per heavy atom. The van der Waals surface area contributed by atoms with E-state index in [-0.39, 0.29) is 0 Å². The average molecular weight is 206 g/mol. The molecule has 0 saturated heterocycles. The number of hydrogen-bond acceptors (Lipinski definition) is 2. The standard InChI is InChI=1S/C12H14OS/c1-9-8-11-5-2-4-10(6-3-7-13)12(11)14-9/h2,4-5,7,9H,3,6,8H2,1H3. The highest BCUT2D eigenvalue weighted by atomic mass is 32.2. The third-order valence-corrected chi connectivity index (χ3v) is 3.87. The zero-order valence-corrected chi connectivity index (χ0v) is 9.14.